The summed E-state index contributed by atoms with van der Waals surface area (Å²) in [7, 11) is -6.68. The van der Waals surface area contributed by atoms with Gasteiger partial charge in [-0.05, 0) is 0 Å². The number of rotatable bonds is 2. The van der Waals surface area contributed by atoms with E-state index < -0.39 is 39.2 Å². The maximum Gasteiger partial charge on any atom is 0.460 e. The van der Waals surface area contributed by atoms with Gasteiger partial charge in [0, 0.05) is 0 Å². The van der Waals surface area contributed by atoms with Crippen LogP contribution in [-0.4, -0.2) is 37.5 Å². The van der Waals surface area contributed by atoms with Crippen molar-refractivity contribution >= 4 is 10.1 Å². The lowest BCUT2D eigenvalue weighted by Crippen LogP contribution is -2.78. The Morgan fingerprint density at radius 3 is 1.42 bits per heavy atom. The van der Waals surface area contributed by atoms with Crippen molar-refractivity contribution in [2.24, 2.45) is 0 Å². The molecule has 0 aromatic carbocycles. The van der Waals surface area contributed by atoms with E-state index >= 15 is 0 Å². The average molecular weight is 330 g/mol. The van der Waals surface area contributed by atoms with Gasteiger partial charge in [0.2, 0.25) is 0 Å². The van der Waals surface area contributed by atoms with E-state index in [-0.39, 0.29) is 0 Å². The second-order valence-electron chi connectivity index (χ2n) is 3.30. The van der Waals surface area contributed by atoms with Crippen LogP contribution in [0.4, 0.5) is 43.9 Å². The van der Waals surface area contributed by atoms with Crippen LogP contribution in [0.2, 0.25) is 0 Å². The Morgan fingerprint density at radius 2 is 1.21 bits per heavy atom. The van der Waals surface area contributed by atoms with Gasteiger partial charge in [-0.3, -0.25) is 0 Å². The summed E-state index contributed by atoms with van der Waals surface area (Å²) in [6.07, 6.45) is -13.2. The Balaban J connectivity index is 3.51. The summed E-state index contributed by atoms with van der Waals surface area (Å²) in [6.45, 7) is 0. The molecule has 1 unspecified atom stereocenters. The summed E-state index contributed by atoms with van der Waals surface area (Å²) in [5.41, 5.74) is 0. The molecule has 3 nitrogen and oxygen atoms in total. The Morgan fingerprint density at radius 1 is 0.842 bits per heavy atom. The third kappa shape index (κ3) is 1.58. The van der Waals surface area contributed by atoms with Crippen LogP contribution in [0.15, 0.2) is 0 Å². The normalized spacial score (nSPS) is 30.8. The topological polar surface area (TPSA) is 43.4 Å². The van der Waals surface area contributed by atoms with E-state index in [2.05, 4.69) is 4.18 Å². The third-order valence-electron chi connectivity index (χ3n) is 2.09. The fourth-order valence-electron chi connectivity index (χ4n) is 1.08. The fourth-order valence-corrected chi connectivity index (χ4v) is 2.24. The first-order valence-corrected chi connectivity index (χ1v) is 5.21. The summed E-state index contributed by atoms with van der Waals surface area (Å²) < 4.78 is 146. The molecular weight excluding hydrogens is 330 g/mol. The molecule has 1 heterocycles. The summed E-state index contributed by atoms with van der Waals surface area (Å²) in [4.78, 5) is 0. The molecule has 1 rings (SSSR count). The summed E-state index contributed by atoms with van der Waals surface area (Å²) in [6, 6.07) is 0. The van der Waals surface area contributed by atoms with Crippen LogP contribution in [0.25, 0.3) is 0 Å². The average Bonchev–Trinajstić information content (AvgIpc) is 2.11. The van der Waals surface area contributed by atoms with Crippen molar-refractivity contribution in [1.82, 2.24) is 0 Å². The summed E-state index contributed by atoms with van der Waals surface area (Å²) >= 11 is 0. The van der Waals surface area contributed by atoms with E-state index in [1.54, 1.807) is 0 Å². The number of hydrogen-bond donors (Lipinski definition) is 0. The molecule has 0 amide bonds. The van der Waals surface area contributed by atoms with Gasteiger partial charge < -0.3 is 0 Å². The second-order valence-corrected chi connectivity index (χ2v) is 4.93. The van der Waals surface area contributed by atoms with Crippen LogP contribution < -0.4 is 0 Å². The molecule has 1 aliphatic heterocycles. The zero-order chi connectivity index (χ0) is 15.7. The van der Waals surface area contributed by atoms with E-state index in [9.17, 15) is 52.3 Å². The van der Waals surface area contributed by atoms with Gasteiger partial charge in [0.15, 0.2) is 0 Å². The predicted molar refractivity (Wildman–Crippen MR) is 34.7 cm³/mol. The molecule has 1 aliphatic rings. The predicted octanol–water partition coefficient (Wildman–Crippen LogP) is 2.44. The Kier molecular flexibility index (Phi) is 2.95. The van der Waals surface area contributed by atoms with E-state index in [0.29, 0.717) is 0 Å². The van der Waals surface area contributed by atoms with Crippen molar-refractivity contribution in [3.8, 4) is 0 Å². The molecule has 0 N–H and O–H groups in total. The van der Waals surface area contributed by atoms with E-state index in [0.717, 1.165) is 0 Å². The third-order valence-corrected chi connectivity index (χ3v) is 3.70. The van der Waals surface area contributed by atoms with Crippen molar-refractivity contribution in [2.75, 3.05) is 0 Å². The molecular formula is C5F10O3S. The van der Waals surface area contributed by atoms with Crippen LogP contribution in [0.5, 0.6) is 0 Å². The van der Waals surface area contributed by atoms with Crippen LogP contribution in [-0.2, 0) is 14.3 Å². The highest BCUT2D eigenvalue weighted by Gasteiger charge is 2.97. The molecule has 1 atom stereocenters. The second kappa shape index (κ2) is 3.45. The van der Waals surface area contributed by atoms with Gasteiger partial charge in [-0.2, -0.15) is 52.1 Å². The fraction of sp³-hybridized carbons (Fsp3) is 1.00. The van der Waals surface area contributed by atoms with Gasteiger partial charge in [-0.1, -0.05) is 0 Å². The molecule has 0 saturated carbocycles. The Hall–Kier alpha value is -0.790. The highest BCUT2D eigenvalue weighted by Crippen LogP contribution is 2.64. The molecule has 0 bridgehead atoms. The zero-order valence-corrected chi connectivity index (χ0v) is 8.73. The molecule has 19 heavy (non-hydrogen) atoms. The van der Waals surface area contributed by atoms with Gasteiger partial charge >= 0.3 is 39.2 Å². The van der Waals surface area contributed by atoms with E-state index in [1.165, 1.54) is 0 Å². The van der Waals surface area contributed by atoms with E-state index in [1.807, 2.05) is 0 Å². The zero-order valence-electron chi connectivity index (χ0n) is 7.91. The molecule has 0 aromatic heterocycles. The first kappa shape index (κ1) is 16.3. The molecule has 0 radical (unpaired) electrons. The lowest BCUT2D eigenvalue weighted by molar-refractivity contribution is -0.414. The number of alkyl halides is 10. The monoisotopic (exact) mass is 330 g/mol. The first-order chi connectivity index (χ1) is 7.96. The smallest absolute Gasteiger partial charge is 0.206 e. The molecule has 114 valence electrons. The summed E-state index contributed by atoms with van der Waals surface area (Å²) in [5, 5.41) is -6.54. The molecule has 0 aliphatic carbocycles. The van der Waals surface area contributed by atoms with Gasteiger partial charge in [0.25, 0.3) is 0 Å². The van der Waals surface area contributed by atoms with Crippen molar-refractivity contribution in [3.63, 3.8) is 0 Å². The van der Waals surface area contributed by atoms with E-state index in [4.69, 9.17) is 0 Å². The number of hydrogen-bond acceptors (Lipinski definition) is 3. The van der Waals surface area contributed by atoms with Crippen molar-refractivity contribution < 1.29 is 56.5 Å². The standard InChI is InChI=1S/C5F10O3S/c6-1(7,2(8,9)4(11,12)13)3(10)5(14,15)18-19(3,16)17. The molecule has 0 aromatic rings. The van der Waals surface area contributed by atoms with Crippen molar-refractivity contribution in [1.29, 1.82) is 0 Å². The summed E-state index contributed by atoms with van der Waals surface area (Å²) in [5.74, 6) is -14.7. The van der Waals surface area contributed by atoms with Crippen LogP contribution >= 0.6 is 0 Å². The maximum atomic E-state index is 13.1. The van der Waals surface area contributed by atoms with Crippen molar-refractivity contribution in [2.45, 2.75) is 29.1 Å². The minimum absolute atomic E-state index is 2.31. The maximum absolute atomic E-state index is 13.1. The molecule has 14 heteroatoms. The highest BCUT2D eigenvalue weighted by atomic mass is 32.2. The van der Waals surface area contributed by atoms with Gasteiger partial charge in [0.05, 0.1) is 0 Å². The van der Waals surface area contributed by atoms with Gasteiger partial charge in [-0.15, -0.1) is 0 Å². The molecule has 1 saturated heterocycles. The molecule has 1 fully saturated rings. The quantitative estimate of drug-likeness (QED) is 0.577. The minimum atomic E-state index is -7.37. The van der Waals surface area contributed by atoms with Crippen LogP contribution in [0.3, 0.4) is 0 Å². The van der Waals surface area contributed by atoms with Crippen LogP contribution in [0.1, 0.15) is 0 Å². The van der Waals surface area contributed by atoms with Crippen molar-refractivity contribution in [3.05, 3.63) is 0 Å². The lowest BCUT2D eigenvalue weighted by atomic mass is 10.0. The Labute approximate surface area is 96.8 Å². The SMILES string of the molecule is O=S1(=O)OC(F)(F)C1(F)C(F)(F)C(F)(F)C(F)(F)F. The Bertz CT molecular complexity index is 492. The highest BCUT2D eigenvalue weighted by molar-refractivity contribution is 7.89. The lowest BCUT2D eigenvalue weighted by Gasteiger charge is -2.45. The number of halogens is 10. The van der Waals surface area contributed by atoms with Crippen LogP contribution in [0, 0.1) is 0 Å². The largest absolute Gasteiger partial charge is 0.460 e. The molecule has 0 spiro atoms. The van der Waals surface area contributed by atoms with Gasteiger partial charge in [0.1, 0.15) is 0 Å². The first-order valence-electron chi connectivity index (χ1n) is 3.80. The minimum Gasteiger partial charge on any atom is -0.206 e. The van der Waals surface area contributed by atoms with Gasteiger partial charge in [-0.25, -0.2) is 4.39 Å².